The van der Waals surface area contributed by atoms with Crippen LogP contribution < -0.4 is 0 Å². The Morgan fingerprint density at radius 2 is 2.19 bits per heavy atom. The third-order valence-electron chi connectivity index (χ3n) is 6.08. The first-order valence-electron chi connectivity index (χ1n) is 9.42. The first-order valence-corrected chi connectivity index (χ1v) is 10.2. The number of fused-ring (bicyclic) bond motifs is 3. The van der Waals surface area contributed by atoms with Crippen molar-refractivity contribution in [2.75, 3.05) is 26.2 Å². The zero-order valence-electron chi connectivity index (χ0n) is 14.9. The van der Waals surface area contributed by atoms with Crippen LogP contribution in [-0.4, -0.2) is 52.2 Å². The van der Waals surface area contributed by atoms with Crippen molar-refractivity contribution in [1.29, 1.82) is 0 Å². The molecule has 2 aromatic rings. The zero-order chi connectivity index (χ0) is 17.8. The minimum absolute atomic E-state index is 0.359. The van der Waals surface area contributed by atoms with Crippen molar-refractivity contribution in [1.82, 2.24) is 14.8 Å². The van der Waals surface area contributed by atoms with Crippen LogP contribution >= 0.6 is 11.3 Å². The molecule has 0 saturated carbocycles. The number of rotatable bonds is 2. The summed E-state index contributed by atoms with van der Waals surface area (Å²) in [7, 11) is 0. The molecule has 1 amide bonds. The van der Waals surface area contributed by atoms with Gasteiger partial charge < -0.3 is 10.0 Å². The van der Waals surface area contributed by atoms with Crippen molar-refractivity contribution in [2.24, 2.45) is 11.8 Å². The van der Waals surface area contributed by atoms with Crippen LogP contribution in [0.4, 0.5) is 4.79 Å². The Hall–Kier alpha value is -1.92. The number of piperidine rings is 1. The average molecular weight is 369 g/mol. The molecule has 26 heavy (non-hydrogen) atoms. The summed E-state index contributed by atoms with van der Waals surface area (Å²) in [5.41, 5.74) is 2.77. The maximum Gasteiger partial charge on any atom is 0.411 e. The Bertz CT molecular complexity index is 906. The molecule has 3 aliphatic rings. The molecule has 0 aliphatic carbocycles. The van der Waals surface area contributed by atoms with E-state index >= 15 is 0 Å². The van der Waals surface area contributed by atoms with E-state index in [0.29, 0.717) is 18.4 Å². The second-order valence-corrected chi connectivity index (χ2v) is 9.04. The summed E-state index contributed by atoms with van der Waals surface area (Å²) in [4.78, 5) is 20.6. The number of thiazole rings is 1. The fraction of sp³-hybridized carbons (Fsp3) is 0.500. The fourth-order valence-electron chi connectivity index (χ4n) is 4.69. The van der Waals surface area contributed by atoms with Crippen molar-refractivity contribution in [2.45, 2.75) is 25.7 Å². The van der Waals surface area contributed by atoms with Crippen molar-refractivity contribution < 1.29 is 9.90 Å². The molecule has 6 heteroatoms. The number of amides is 1. The van der Waals surface area contributed by atoms with Gasteiger partial charge in [0.25, 0.3) is 0 Å². The van der Waals surface area contributed by atoms with E-state index in [0.717, 1.165) is 35.7 Å². The van der Waals surface area contributed by atoms with Crippen molar-refractivity contribution >= 4 is 33.3 Å². The van der Waals surface area contributed by atoms with Gasteiger partial charge >= 0.3 is 6.09 Å². The lowest BCUT2D eigenvalue weighted by atomic mass is 9.93. The lowest BCUT2D eigenvalue weighted by Crippen LogP contribution is -2.34. The largest absolute Gasteiger partial charge is 0.465 e. The van der Waals surface area contributed by atoms with Gasteiger partial charge in [-0.2, -0.15) is 0 Å². The highest BCUT2D eigenvalue weighted by Gasteiger charge is 2.40. The zero-order valence-corrected chi connectivity index (χ0v) is 15.7. The van der Waals surface area contributed by atoms with Gasteiger partial charge in [-0.25, -0.2) is 9.78 Å². The van der Waals surface area contributed by atoms with Crippen LogP contribution in [0.3, 0.4) is 0 Å². The molecule has 136 valence electrons. The predicted molar refractivity (Wildman–Crippen MR) is 103 cm³/mol. The fourth-order valence-corrected chi connectivity index (χ4v) is 5.82. The Morgan fingerprint density at radius 1 is 1.31 bits per heavy atom. The van der Waals surface area contributed by atoms with Gasteiger partial charge in [-0.15, -0.1) is 11.3 Å². The van der Waals surface area contributed by atoms with E-state index in [-0.39, 0.29) is 0 Å². The normalized spacial score (nSPS) is 30.8. The first kappa shape index (κ1) is 16.3. The molecule has 0 radical (unpaired) electrons. The molecule has 4 atom stereocenters. The summed E-state index contributed by atoms with van der Waals surface area (Å²) < 4.78 is 1.20. The number of allylic oxidation sites excluding steroid dienone is 1. The highest BCUT2D eigenvalue weighted by molar-refractivity contribution is 7.18. The number of carbonyl (C=O) groups is 1. The minimum Gasteiger partial charge on any atom is -0.465 e. The van der Waals surface area contributed by atoms with E-state index in [4.69, 9.17) is 4.98 Å². The van der Waals surface area contributed by atoms with E-state index in [1.165, 1.54) is 34.1 Å². The third kappa shape index (κ3) is 2.63. The van der Waals surface area contributed by atoms with E-state index in [9.17, 15) is 9.90 Å². The van der Waals surface area contributed by atoms with Crippen LogP contribution in [0.25, 0.3) is 15.9 Å². The van der Waals surface area contributed by atoms with Gasteiger partial charge in [0.1, 0.15) is 0 Å². The summed E-state index contributed by atoms with van der Waals surface area (Å²) in [5, 5.41) is 10.8. The highest BCUT2D eigenvalue weighted by Crippen LogP contribution is 2.42. The molecule has 5 rings (SSSR count). The molecule has 0 spiro atoms. The molecule has 2 bridgehead atoms. The van der Waals surface area contributed by atoms with Gasteiger partial charge in [-0.05, 0) is 43.4 Å². The molecule has 1 N–H and O–H groups in total. The van der Waals surface area contributed by atoms with Gasteiger partial charge in [0, 0.05) is 31.1 Å². The lowest BCUT2D eigenvalue weighted by molar-refractivity contribution is 0.159. The average Bonchev–Trinajstić information content (AvgIpc) is 3.35. The number of nitrogens with zero attached hydrogens (tertiary/aromatic N) is 3. The van der Waals surface area contributed by atoms with E-state index in [1.54, 1.807) is 0 Å². The van der Waals surface area contributed by atoms with E-state index < -0.39 is 6.09 Å². The first-order chi connectivity index (χ1) is 12.6. The molecule has 3 aliphatic heterocycles. The Labute approximate surface area is 156 Å². The lowest BCUT2D eigenvalue weighted by Gasteiger charge is -2.29. The summed E-state index contributed by atoms with van der Waals surface area (Å²) in [5.74, 6) is 1.70. The monoisotopic (exact) mass is 369 g/mol. The Morgan fingerprint density at radius 3 is 2.92 bits per heavy atom. The summed E-state index contributed by atoms with van der Waals surface area (Å²) in [6.07, 6.45) is 3.39. The molecule has 3 unspecified atom stereocenters. The number of hydrogen-bond donors (Lipinski definition) is 1. The van der Waals surface area contributed by atoms with Crippen molar-refractivity contribution in [3.8, 4) is 0 Å². The van der Waals surface area contributed by atoms with Crippen LogP contribution in [0, 0.1) is 11.8 Å². The maximum atomic E-state index is 11.7. The van der Waals surface area contributed by atoms with Gasteiger partial charge in [-0.1, -0.05) is 19.1 Å². The molecular formula is C20H23N3O2S. The van der Waals surface area contributed by atoms with Crippen LogP contribution in [-0.2, 0) is 0 Å². The van der Waals surface area contributed by atoms with Gasteiger partial charge in [-0.3, -0.25) is 4.90 Å². The van der Waals surface area contributed by atoms with Gasteiger partial charge in [0.2, 0.25) is 0 Å². The SMILES string of the molecule is C[C@H]1CC=C(c2ccc3sc(C4CN5CCC4C5)nc3c2)N(C(=O)O)C1. The molecule has 1 aromatic carbocycles. The highest BCUT2D eigenvalue weighted by atomic mass is 32.1. The smallest absolute Gasteiger partial charge is 0.411 e. The predicted octanol–water partition coefficient (Wildman–Crippen LogP) is 4.08. The van der Waals surface area contributed by atoms with Crippen LogP contribution in [0.2, 0.25) is 0 Å². The van der Waals surface area contributed by atoms with Crippen molar-refractivity contribution in [3.63, 3.8) is 0 Å². The Balaban J connectivity index is 1.49. The minimum atomic E-state index is -0.877. The maximum absolute atomic E-state index is 11.7. The second-order valence-electron chi connectivity index (χ2n) is 7.97. The van der Waals surface area contributed by atoms with Gasteiger partial charge in [0.05, 0.1) is 20.9 Å². The molecule has 2 saturated heterocycles. The standard InChI is InChI=1S/C20H23N3O2S/c1-12-2-4-17(23(9-12)20(24)25)13-3-5-18-16(8-13)21-19(26-18)15-11-22-7-6-14(15)10-22/h3-5,8,12,14-15H,2,6-7,9-11H2,1H3,(H,24,25)/t12-,14?,15?/m0/s1. The van der Waals surface area contributed by atoms with Crippen molar-refractivity contribution in [3.05, 3.63) is 34.8 Å². The number of hydrogen-bond acceptors (Lipinski definition) is 4. The molecular weight excluding hydrogens is 346 g/mol. The Kier molecular flexibility index (Phi) is 3.79. The number of aromatic nitrogens is 1. The van der Waals surface area contributed by atoms with Gasteiger partial charge in [0.15, 0.2) is 0 Å². The second kappa shape index (κ2) is 6.06. The summed E-state index contributed by atoms with van der Waals surface area (Å²) >= 11 is 1.81. The number of carboxylic acid groups (broad SMARTS) is 1. The molecule has 5 nitrogen and oxygen atoms in total. The van der Waals surface area contributed by atoms with Crippen LogP contribution in [0.1, 0.15) is 36.3 Å². The summed E-state index contributed by atoms with van der Waals surface area (Å²) in [6.45, 7) is 6.26. The summed E-state index contributed by atoms with van der Waals surface area (Å²) in [6, 6.07) is 6.23. The molecule has 1 aromatic heterocycles. The molecule has 2 fully saturated rings. The van der Waals surface area contributed by atoms with E-state index in [2.05, 4.69) is 30.0 Å². The number of benzene rings is 1. The topological polar surface area (TPSA) is 56.7 Å². The molecule has 4 heterocycles. The van der Waals surface area contributed by atoms with Crippen LogP contribution in [0.15, 0.2) is 24.3 Å². The third-order valence-corrected chi connectivity index (χ3v) is 7.25. The van der Waals surface area contributed by atoms with Crippen LogP contribution in [0.5, 0.6) is 0 Å². The van der Waals surface area contributed by atoms with E-state index in [1.807, 2.05) is 17.4 Å². The quantitative estimate of drug-likeness (QED) is 0.867.